The fourth-order valence-corrected chi connectivity index (χ4v) is 3.38. The largest absolute Gasteiger partial charge is 0.465 e. The maximum Gasteiger partial charge on any atom is 0.405 e. The first kappa shape index (κ1) is 17.0. The standard InChI is InChI=1S/C21H21NO3/c1-2-4-15-6-8-16(9-7-15)17-10-11-19-18(13-17)5-3-12-21(19,14-23)22-20(24)25/h3,6-14,22H,2,4-5H2,1H3,(H,24,25)/t21-/m1/s1. The molecule has 1 aliphatic rings. The number of carbonyl (C=O) groups is 2. The average molecular weight is 335 g/mol. The van der Waals surface area contributed by atoms with Gasteiger partial charge in [0, 0.05) is 0 Å². The zero-order chi connectivity index (χ0) is 17.9. The molecule has 1 atom stereocenters. The molecule has 1 aliphatic carbocycles. The summed E-state index contributed by atoms with van der Waals surface area (Å²) < 4.78 is 0. The highest BCUT2D eigenvalue weighted by Crippen LogP contribution is 2.33. The van der Waals surface area contributed by atoms with Crippen molar-refractivity contribution in [3.05, 3.63) is 71.3 Å². The Morgan fingerprint density at radius 2 is 1.92 bits per heavy atom. The Balaban J connectivity index is 1.97. The van der Waals surface area contributed by atoms with E-state index in [4.69, 9.17) is 5.11 Å². The fraction of sp³-hybridized carbons (Fsp3) is 0.238. The minimum absolute atomic E-state index is 0.648. The van der Waals surface area contributed by atoms with Crippen LogP contribution in [0.2, 0.25) is 0 Å². The molecule has 0 radical (unpaired) electrons. The Hall–Kier alpha value is -2.88. The third-order valence-corrected chi connectivity index (χ3v) is 4.60. The van der Waals surface area contributed by atoms with E-state index < -0.39 is 11.6 Å². The maximum absolute atomic E-state index is 11.7. The van der Waals surface area contributed by atoms with Crippen molar-refractivity contribution in [1.82, 2.24) is 5.32 Å². The van der Waals surface area contributed by atoms with Gasteiger partial charge in [0.25, 0.3) is 0 Å². The fourth-order valence-electron chi connectivity index (χ4n) is 3.38. The minimum Gasteiger partial charge on any atom is -0.465 e. The smallest absolute Gasteiger partial charge is 0.405 e. The van der Waals surface area contributed by atoms with E-state index in [1.807, 2.05) is 24.3 Å². The van der Waals surface area contributed by atoms with Gasteiger partial charge in [0.2, 0.25) is 0 Å². The quantitative estimate of drug-likeness (QED) is 0.639. The number of rotatable bonds is 5. The number of aldehydes is 1. The minimum atomic E-state index is -1.30. The van der Waals surface area contributed by atoms with Crippen LogP contribution < -0.4 is 5.32 Å². The molecule has 0 saturated heterocycles. The molecule has 0 aliphatic heterocycles. The zero-order valence-electron chi connectivity index (χ0n) is 14.2. The summed E-state index contributed by atoms with van der Waals surface area (Å²) in [5, 5.41) is 11.4. The van der Waals surface area contributed by atoms with E-state index in [1.165, 1.54) is 5.56 Å². The number of hydrogen-bond acceptors (Lipinski definition) is 2. The normalized spacial score (nSPS) is 18.4. The highest BCUT2D eigenvalue weighted by molar-refractivity contribution is 5.81. The van der Waals surface area contributed by atoms with Crippen molar-refractivity contribution in [2.75, 3.05) is 0 Å². The van der Waals surface area contributed by atoms with E-state index in [0.717, 1.165) is 29.5 Å². The van der Waals surface area contributed by atoms with E-state index in [-0.39, 0.29) is 0 Å². The molecule has 0 saturated carbocycles. The second kappa shape index (κ2) is 6.93. The highest BCUT2D eigenvalue weighted by Gasteiger charge is 2.35. The Morgan fingerprint density at radius 3 is 2.56 bits per heavy atom. The third-order valence-electron chi connectivity index (χ3n) is 4.60. The van der Waals surface area contributed by atoms with Crippen LogP contribution in [0.1, 0.15) is 30.0 Å². The summed E-state index contributed by atoms with van der Waals surface area (Å²) in [6.45, 7) is 2.16. The molecule has 0 unspecified atom stereocenters. The predicted molar refractivity (Wildman–Crippen MR) is 97.6 cm³/mol. The lowest BCUT2D eigenvalue weighted by Gasteiger charge is -2.30. The molecule has 0 bridgehead atoms. The van der Waals surface area contributed by atoms with E-state index in [9.17, 15) is 9.59 Å². The summed E-state index contributed by atoms with van der Waals surface area (Å²) in [5.74, 6) is 0. The van der Waals surface area contributed by atoms with Gasteiger partial charge >= 0.3 is 6.09 Å². The number of aryl methyl sites for hydroxylation is 1. The topological polar surface area (TPSA) is 66.4 Å². The monoisotopic (exact) mass is 335 g/mol. The number of carboxylic acid groups (broad SMARTS) is 1. The number of amides is 1. The van der Waals surface area contributed by atoms with Crippen LogP contribution in [0.25, 0.3) is 11.1 Å². The molecular formula is C21H21NO3. The van der Waals surface area contributed by atoms with Gasteiger partial charge in [0.05, 0.1) is 0 Å². The summed E-state index contributed by atoms with van der Waals surface area (Å²) in [6.07, 6.45) is 5.74. The summed E-state index contributed by atoms with van der Waals surface area (Å²) in [5.41, 5.74) is 3.84. The number of nitrogens with one attached hydrogen (secondary N) is 1. The van der Waals surface area contributed by atoms with Crippen molar-refractivity contribution in [1.29, 1.82) is 0 Å². The van der Waals surface area contributed by atoms with Crippen LogP contribution >= 0.6 is 0 Å². The SMILES string of the molecule is CCCc1ccc(-c2ccc3c(c2)CC=C[C@]3(C=O)NC(=O)O)cc1. The van der Waals surface area contributed by atoms with E-state index in [0.29, 0.717) is 18.3 Å². The van der Waals surface area contributed by atoms with Gasteiger partial charge in [-0.25, -0.2) is 4.79 Å². The molecule has 25 heavy (non-hydrogen) atoms. The molecular weight excluding hydrogens is 314 g/mol. The second-order valence-corrected chi connectivity index (χ2v) is 6.34. The number of hydrogen-bond donors (Lipinski definition) is 2. The van der Waals surface area contributed by atoms with Gasteiger partial charge < -0.3 is 10.4 Å². The predicted octanol–water partition coefficient (Wildman–Crippen LogP) is 4.08. The molecule has 4 nitrogen and oxygen atoms in total. The van der Waals surface area contributed by atoms with Gasteiger partial charge in [-0.2, -0.15) is 0 Å². The van der Waals surface area contributed by atoms with Gasteiger partial charge in [-0.3, -0.25) is 4.79 Å². The Morgan fingerprint density at radius 1 is 1.20 bits per heavy atom. The van der Waals surface area contributed by atoms with Crippen LogP contribution in [0, 0.1) is 0 Å². The average Bonchev–Trinajstić information content (AvgIpc) is 2.62. The van der Waals surface area contributed by atoms with Crippen LogP contribution in [0.3, 0.4) is 0 Å². The Labute approximate surface area is 147 Å². The van der Waals surface area contributed by atoms with Crippen molar-refractivity contribution in [3.63, 3.8) is 0 Å². The van der Waals surface area contributed by atoms with Crippen molar-refractivity contribution >= 4 is 12.4 Å². The molecule has 0 spiro atoms. The first-order valence-corrected chi connectivity index (χ1v) is 8.46. The number of fused-ring (bicyclic) bond motifs is 1. The number of benzene rings is 2. The van der Waals surface area contributed by atoms with Crippen molar-refractivity contribution in [2.45, 2.75) is 31.7 Å². The van der Waals surface area contributed by atoms with Crippen LogP contribution in [0.15, 0.2) is 54.6 Å². The molecule has 4 heteroatoms. The number of allylic oxidation sites excluding steroid dienone is 1. The zero-order valence-corrected chi connectivity index (χ0v) is 14.2. The molecule has 0 aromatic heterocycles. The third kappa shape index (κ3) is 3.33. The highest BCUT2D eigenvalue weighted by atomic mass is 16.4. The molecule has 1 amide bonds. The first-order chi connectivity index (χ1) is 12.1. The first-order valence-electron chi connectivity index (χ1n) is 8.46. The molecule has 0 heterocycles. The molecule has 2 aromatic rings. The molecule has 3 rings (SSSR count). The second-order valence-electron chi connectivity index (χ2n) is 6.34. The molecule has 2 aromatic carbocycles. The lowest BCUT2D eigenvalue weighted by atomic mass is 9.81. The van der Waals surface area contributed by atoms with Gasteiger partial charge in [-0.1, -0.05) is 68.0 Å². The lowest BCUT2D eigenvalue weighted by molar-refractivity contribution is -0.112. The molecule has 2 N–H and O–H groups in total. The van der Waals surface area contributed by atoms with Crippen molar-refractivity contribution in [3.8, 4) is 11.1 Å². The molecule has 128 valence electrons. The summed E-state index contributed by atoms with van der Waals surface area (Å²) in [4.78, 5) is 22.8. The van der Waals surface area contributed by atoms with Crippen molar-refractivity contribution < 1.29 is 14.7 Å². The van der Waals surface area contributed by atoms with Gasteiger partial charge in [0.15, 0.2) is 6.29 Å². The van der Waals surface area contributed by atoms with Crippen LogP contribution in [-0.2, 0) is 23.2 Å². The van der Waals surface area contributed by atoms with Crippen molar-refractivity contribution in [2.24, 2.45) is 0 Å². The van der Waals surface area contributed by atoms with Crippen LogP contribution in [0.4, 0.5) is 4.79 Å². The van der Waals surface area contributed by atoms with E-state index in [1.54, 1.807) is 6.08 Å². The summed E-state index contributed by atoms with van der Waals surface area (Å²) in [7, 11) is 0. The summed E-state index contributed by atoms with van der Waals surface area (Å²) >= 11 is 0. The Bertz CT molecular complexity index is 824. The van der Waals surface area contributed by atoms with E-state index >= 15 is 0 Å². The number of carbonyl (C=O) groups excluding carboxylic acids is 1. The van der Waals surface area contributed by atoms with Gasteiger partial charge in [-0.05, 0) is 40.7 Å². The lowest BCUT2D eigenvalue weighted by Crippen LogP contribution is -2.46. The van der Waals surface area contributed by atoms with Crippen LogP contribution in [0.5, 0.6) is 0 Å². The van der Waals surface area contributed by atoms with Crippen LogP contribution in [-0.4, -0.2) is 17.5 Å². The van der Waals surface area contributed by atoms with Gasteiger partial charge in [0.1, 0.15) is 5.54 Å². The molecule has 0 fully saturated rings. The van der Waals surface area contributed by atoms with Gasteiger partial charge in [-0.15, -0.1) is 0 Å². The Kier molecular flexibility index (Phi) is 4.70. The summed E-state index contributed by atoms with van der Waals surface area (Å²) in [6, 6.07) is 14.3. The van der Waals surface area contributed by atoms with E-state index in [2.05, 4.69) is 36.5 Å². The maximum atomic E-state index is 11.7.